The molecule has 1 atom stereocenters. The number of hydrogen-bond donors (Lipinski definition) is 2. The maximum Gasteiger partial charge on any atom is 0.405 e. The molecule has 0 aliphatic heterocycles. The van der Waals surface area contributed by atoms with E-state index in [-0.39, 0.29) is 0 Å². The number of carboxylic acid groups (broad SMARTS) is 1. The first-order chi connectivity index (χ1) is 5.35. The van der Waals surface area contributed by atoms with Crippen LogP contribution in [0.1, 0.15) is 6.42 Å². The van der Waals surface area contributed by atoms with Gasteiger partial charge in [-0.05, 0) is 0 Å². The molecular formula is C6H6F3NO2. The molecule has 68 valence electrons. The van der Waals surface area contributed by atoms with Crippen molar-refractivity contribution in [1.29, 1.82) is 0 Å². The highest BCUT2D eigenvalue weighted by Gasteiger charge is 2.31. The van der Waals surface area contributed by atoms with Crippen molar-refractivity contribution >= 4 is 6.09 Å². The zero-order valence-corrected chi connectivity index (χ0v) is 5.85. The molecule has 3 nitrogen and oxygen atoms in total. The van der Waals surface area contributed by atoms with Crippen LogP contribution in [0.15, 0.2) is 0 Å². The number of amides is 1. The Morgan fingerprint density at radius 3 is 2.42 bits per heavy atom. The Labute approximate surface area is 66.6 Å². The average Bonchev–Trinajstić information content (AvgIpc) is 1.82. The quantitative estimate of drug-likeness (QED) is 0.629. The van der Waals surface area contributed by atoms with Gasteiger partial charge in [-0.3, -0.25) is 0 Å². The van der Waals surface area contributed by atoms with Crippen LogP contribution in [0.2, 0.25) is 0 Å². The molecule has 1 unspecified atom stereocenters. The number of rotatable bonds is 2. The third-order valence-electron chi connectivity index (χ3n) is 0.934. The molecule has 6 heteroatoms. The van der Waals surface area contributed by atoms with Gasteiger partial charge in [-0.1, -0.05) is 5.92 Å². The molecule has 0 bridgehead atoms. The van der Waals surface area contributed by atoms with Crippen LogP contribution in [0.25, 0.3) is 0 Å². The molecule has 0 saturated heterocycles. The molecule has 1 amide bonds. The minimum atomic E-state index is -4.46. The van der Waals surface area contributed by atoms with Gasteiger partial charge in [-0.25, -0.2) is 4.79 Å². The van der Waals surface area contributed by atoms with E-state index in [0.717, 1.165) is 0 Å². The van der Waals surface area contributed by atoms with Crippen LogP contribution >= 0.6 is 0 Å². The lowest BCUT2D eigenvalue weighted by Crippen LogP contribution is -2.36. The summed E-state index contributed by atoms with van der Waals surface area (Å²) in [4.78, 5) is 9.88. The van der Waals surface area contributed by atoms with Gasteiger partial charge < -0.3 is 10.4 Å². The SMILES string of the molecule is C#CC(CC(F)(F)F)NC(=O)O. The molecule has 0 aromatic rings. The van der Waals surface area contributed by atoms with Gasteiger partial charge in [0.2, 0.25) is 0 Å². The number of alkyl halides is 3. The first kappa shape index (κ1) is 10.6. The van der Waals surface area contributed by atoms with E-state index in [1.807, 2.05) is 0 Å². The minimum Gasteiger partial charge on any atom is -0.465 e. The highest BCUT2D eigenvalue weighted by atomic mass is 19.4. The van der Waals surface area contributed by atoms with E-state index in [1.54, 1.807) is 11.2 Å². The van der Waals surface area contributed by atoms with Crippen LogP contribution in [0.3, 0.4) is 0 Å². The van der Waals surface area contributed by atoms with Gasteiger partial charge in [0.1, 0.15) is 6.04 Å². The predicted molar refractivity (Wildman–Crippen MR) is 34.5 cm³/mol. The van der Waals surface area contributed by atoms with Gasteiger partial charge >= 0.3 is 12.3 Å². The molecule has 0 radical (unpaired) electrons. The van der Waals surface area contributed by atoms with Crippen LogP contribution in [-0.2, 0) is 0 Å². The predicted octanol–water partition coefficient (Wildman–Crippen LogP) is 1.21. The molecular weight excluding hydrogens is 175 g/mol. The second-order valence-electron chi connectivity index (χ2n) is 1.99. The average molecular weight is 181 g/mol. The molecule has 12 heavy (non-hydrogen) atoms. The Balaban J connectivity index is 4.03. The number of nitrogens with one attached hydrogen (secondary N) is 1. The maximum atomic E-state index is 11.6. The van der Waals surface area contributed by atoms with Crippen molar-refractivity contribution in [2.45, 2.75) is 18.6 Å². The minimum absolute atomic E-state index is 1.35. The molecule has 0 rings (SSSR count). The highest BCUT2D eigenvalue weighted by Crippen LogP contribution is 2.21. The number of carbonyl (C=O) groups is 1. The van der Waals surface area contributed by atoms with Crippen molar-refractivity contribution in [3.63, 3.8) is 0 Å². The Kier molecular flexibility index (Phi) is 3.41. The van der Waals surface area contributed by atoms with Crippen molar-refractivity contribution in [3.05, 3.63) is 0 Å². The molecule has 0 aliphatic rings. The lowest BCUT2D eigenvalue weighted by Gasteiger charge is -2.12. The summed E-state index contributed by atoms with van der Waals surface area (Å²) in [5.41, 5.74) is 0. The summed E-state index contributed by atoms with van der Waals surface area (Å²) in [5, 5.41) is 9.58. The van der Waals surface area contributed by atoms with E-state index >= 15 is 0 Å². The smallest absolute Gasteiger partial charge is 0.405 e. The van der Waals surface area contributed by atoms with E-state index in [1.165, 1.54) is 0 Å². The van der Waals surface area contributed by atoms with Crippen molar-refractivity contribution in [2.75, 3.05) is 0 Å². The Hall–Kier alpha value is -1.38. The van der Waals surface area contributed by atoms with Crippen LogP contribution in [0, 0.1) is 12.3 Å². The van der Waals surface area contributed by atoms with Crippen molar-refractivity contribution in [3.8, 4) is 12.3 Å². The largest absolute Gasteiger partial charge is 0.465 e. The van der Waals surface area contributed by atoms with E-state index < -0.39 is 24.7 Å². The van der Waals surface area contributed by atoms with Crippen LogP contribution in [-0.4, -0.2) is 23.4 Å². The third kappa shape index (κ3) is 5.41. The first-order valence-electron chi connectivity index (χ1n) is 2.87. The van der Waals surface area contributed by atoms with E-state index in [0.29, 0.717) is 0 Å². The van der Waals surface area contributed by atoms with Gasteiger partial charge in [-0.2, -0.15) is 13.2 Å². The number of hydrogen-bond acceptors (Lipinski definition) is 1. The van der Waals surface area contributed by atoms with E-state index in [2.05, 4.69) is 6.42 Å². The zero-order valence-electron chi connectivity index (χ0n) is 5.85. The highest BCUT2D eigenvalue weighted by molar-refractivity contribution is 5.65. The van der Waals surface area contributed by atoms with Gasteiger partial charge in [0, 0.05) is 0 Å². The zero-order chi connectivity index (χ0) is 9.78. The fourth-order valence-electron chi connectivity index (χ4n) is 0.532. The maximum absolute atomic E-state index is 11.6. The summed E-state index contributed by atoms with van der Waals surface area (Å²) in [6, 6.07) is -1.51. The molecule has 2 N–H and O–H groups in total. The molecule has 0 spiro atoms. The van der Waals surface area contributed by atoms with E-state index in [9.17, 15) is 18.0 Å². The molecule has 0 aliphatic carbocycles. The van der Waals surface area contributed by atoms with Crippen molar-refractivity contribution in [2.24, 2.45) is 0 Å². The number of halogens is 3. The van der Waals surface area contributed by atoms with Crippen LogP contribution < -0.4 is 5.32 Å². The Bertz CT molecular complexity index is 206. The summed E-state index contributed by atoms with van der Waals surface area (Å²) >= 11 is 0. The first-order valence-corrected chi connectivity index (χ1v) is 2.87. The standard InChI is InChI=1S/C6H6F3NO2/c1-2-4(10-5(11)12)3-6(7,8)9/h1,4,10H,3H2,(H,11,12). The third-order valence-corrected chi connectivity index (χ3v) is 0.934. The fourth-order valence-corrected chi connectivity index (χ4v) is 0.532. The van der Waals surface area contributed by atoms with Crippen LogP contribution in [0.5, 0.6) is 0 Å². The Morgan fingerprint density at radius 1 is 1.67 bits per heavy atom. The fraction of sp³-hybridized carbons (Fsp3) is 0.500. The summed E-state index contributed by atoms with van der Waals surface area (Å²) in [7, 11) is 0. The Morgan fingerprint density at radius 2 is 2.17 bits per heavy atom. The van der Waals surface area contributed by atoms with Gasteiger partial charge in [0.25, 0.3) is 0 Å². The summed E-state index contributed by atoms with van der Waals surface area (Å²) < 4.78 is 34.8. The lowest BCUT2D eigenvalue weighted by atomic mass is 10.2. The second kappa shape index (κ2) is 3.85. The molecule has 0 heterocycles. The summed E-state index contributed by atoms with van der Waals surface area (Å²) in [6.45, 7) is 0. The van der Waals surface area contributed by atoms with E-state index in [4.69, 9.17) is 5.11 Å². The normalized spacial score (nSPS) is 13.2. The van der Waals surface area contributed by atoms with Crippen molar-refractivity contribution < 1.29 is 23.1 Å². The second-order valence-corrected chi connectivity index (χ2v) is 1.99. The lowest BCUT2D eigenvalue weighted by molar-refractivity contribution is -0.136. The van der Waals surface area contributed by atoms with Crippen LogP contribution in [0.4, 0.5) is 18.0 Å². The monoisotopic (exact) mass is 181 g/mol. The molecule has 0 fully saturated rings. The van der Waals surface area contributed by atoms with Gasteiger partial charge in [0.15, 0.2) is 0 Å². The molecule has 0 aromatic heterocycles. The summed E-state index contributed by atoms with van der Waals surface area (Å²) in [6.07, 6.45) is -2.73. The topological polar surface area (TPSA) is 49.3 Å². The molecule has 0 saturated carbocycles. The summed E-state index contributed by atoms with van der Waals surface area (Å²) in [5.74, 6) is 1.68. The molecule has 0 aromatic carbocycles. The van der Waals surface area contributed by atoms with Crippen molar-refractivity contribution in [1.82, 2.24) is 5.32 Å². The number of terminal acetylenes is 1. The van der Waals surface area contributed by atoms with Gasteiger partial charge in [-0.15, -0.1) is 6.42 Å². The van der Waals surface area contributed by atoms with Gasteiger partial charge in [0.05, 0.1) is 6.42 Å².